The number of hydrogen-bond donors (Lipinski definition) is 1. The Hall–Kier alpha value is -1.00. The molecule has 1 aliphatic heterocycles. The summed E-state index contributed by atoms with van der Waals surface area (Å²) in [5.74, 6) is -2.82. The van der Waals surface area contributed by atoms with Crippen molar-refractivity contribution in [2.75, 3.05) is 19.7 Å². The number of halogens is 2. The van der Waals surface area contributed by atoms with Crippen LogP contribution in [0.5, 0.6) is 0 Å². The Morgan fingerprint density at radius 1 is 1.38 bits per heavy atom. The Morgan fingerprint density at radius 3 is 2.75 bits per heavy atom. The first-order chi connectivity index (χ1) is 7.59. The Morgan fingerprint density at radius 2 is 2.12 bits per heavy atom. The zero-order chi connectivity index (χ0) is 11.6. The van der Waals surface area contributed by atoms with Crippen molar-refractivity contribution in [2.24, 2.45) is 0 Å². The van der Waals surface area contributed by atoms with Crippen LogP contribution in [-0.4, -0.2) is 19.7 Å². The molecular weight excluding hydrogens is 212 g/mol. The Kier molecular flexibility index (Phi) is 3.21. The average Bonchev–Trinajstić information content (AvgIpc) is 2.29. The predicted molar refractivity (Wildman–Crippen MR) is 57.6 cm³/mol. The van der Waals surface area contributed by atoms with Crippen molar-refractivity contribution in [2.45, 2.75) is 19.0 Å². The molecule has 0 saturated carbocycles. The number of alkyl halides is 2. The first-order valence-electron chi connectivity index (χ1n) is 5.38. The lowest BCUT2D eigenvalue weighted by molar-refractivity contribution is 0.00129. The van der Waals surface area contributed by atoms with Crippen LogP contribution in [0.2, 0.25) is 0 Å². The molecule has 0 spiro atoms. The molecule has 0 amide bonds. The van der Waals surface area contributed by atoms with Crippen molar-refractivity contribution in [3.63, 3.8) is 0 Å². The highest BCUT2D eigenvalue weighted by Gasteiger charge is 2.30. The SMILES string of the molecule is CC(F)(F)c1ccccc1C1CNCCO1. The van der Waals surface area contributed by atoms with Crippen LogP contribution >= 0.6 is 0 Å². The van der Waals surface area contributed by atoms with Gasteiger partial charge in [-0.15, -0.1) is 0 Å². The van der Waals surface area contributed by atoms with Gasteiger partial charge in [-0.1, -0.05) is 24.3 Å². The highest BCUT2D eigenvalue weighted by atomic mass is 19.3. The van der Waals surface area contributed by atoms with Crippen molar-refractivity contribution < 1.29 is 13.5 Å². The molecule has 0 aromatic heterocycles. The van der Waals surface area contributed by atoms with Crippen LogP contribution in [0.3, 0.4) is 0 Å². The van der Waals surface area contributed by atoms with Gasteiger partial charge in [-0.05, 0) is 5.56 Å². The third-order valence-electron chi connectivity index (χ3n) is 2.71. The first-order valence-corrected chi connectivity index (χ1v) is 5.38. The smallest absolute Gasteiger partial charge is 0.270 e. The maximum Gasteiger partial charge on any atom is 0.270 e. The molecule has 0 radical (unpaired) electrons. The highest BCUT2D eigenvalue weighted by molar-refractivity contribution is 5.32. The number of nitrogens with one attached hydrogen (secondary N) is 1. The van der Waals surface area contributed by atoms with Crippen molar-refractivity contribution in [1.82, 2.24) is 5.32 Å². The summed E-state index contributed by atoms with van der Waals surface area (Å²) in [4.78, 5) is 0. The monoisotopic (exact) mass is 227 g/mol. The zero-order valence-electron chi connectivity index (χ0n) is 9.17. The number of hydrogen-bond acceptors (Lipinski definition) is 2. The van der Waals surface area contributed by atoms with Gasteiger partial charge in [0.05, 0.1) is 12.7 Å². The van der Waals surface area contributed by atoms with E-state index in [2.05, 4.69) is 5.32 Å². The summed E-state index contributed by atoms with van der Waals surface area (Å²) in [5.41, 5.74) is 0.644. The van der Waals surface area contributed by atoms with Crippen LogP contribution in [0.25, 0.3) is 0 Å². The third kappa shape index (κ3) is 2.39. The molecule has 0 bridgehead atoms. The van der Waals surface area contributed by atoms with E-state index in [1.807, 2.05) is 0 Å². The van der Waals surface area contributed by atoms with Gasteiger partial charge in [-0.2, -0.15) is 0 Å². The van der Waals surface area contributed by atoms with Crippen molar-refractivity contribution in [1.29, 1.82) is 0 Å². The maximum atomic E-state index is 13.4. The molecule has 1 unspecified atom stereocenters. The standard InChI is InChI=1S/C12H15F2NO/c1-12(13,14)10-5-3-2-4-9(10)11-8-15-6-7-16-11/h2-5,11,15H,6-8H2,1H3. The van der Waals surface area contributed by atoms with Gasteiger partial charge in [0.25, 0.3) is 5.92 Å². The van der Waals surface area contributed by atoms with E-state index in [4.69, 9.17) is 4.74 Å². The van der Waals surface area contributed by atoms with E-state index in [1.54, 1.807) is 18.2 Å². The zero-order valence-corrected chi connectivity index (χ0v) is 9.17. The molecule has 1 fully saturated rings. The molecule has 2 rings (SSSR count). The molecule has 4 heteroatoms. The summed E-state index contributed by atoms with van der Waals surface area (Å²) in [7, 11) is 0. The molecule has 88 valence electrons. The molecule has 1 N–H and O–H groups in total. The van der Waals surface area contributed by atoms with Gasteiger partial charge in [0.1, 0.15) is 0 Å². The molecule has 1 aliphatic rings. The Bertz CT molecular complexity index is 356. The van der Waals surface area contributed by atoms with Gasteiger partial charge < -0.3 is 10.1 Å². The van der Waals surface area contributed by atoms with Crippen molar-refractivity contribution in [3.05, 3.63) is 35.4 Å². The van der Waals surface area contributed by atoms with E-state index in [-0.39, 0.29) is 11.7 Å². The summed E-state index contributed by atoms with van der Waals surface area (Å²) in [6.45, 7) is 2.85. The van der Waals surface area contributed by atoms with Gasteiger partial charge in [0.2, 0.25) is 0 Å². The van der Waals surface area contributed by atoms with Crippen LogP contribution in [-0.2, 0) is 10.7 Å². The lowest BCUT2D eigenvalue weighted by atomic mass is 9.97. The minimum atomic E-state index is -2.82. The van der Waals surface area contributed by atoms with Gasteiger partial charge in [0.15, 0.2) is 0 Å². The second kappa shape index (κ2) is 4.47. The summed E-state index contributed by atoms with van der Waals surface area (Å²) in [5, 5.41) is 3.14. The van der Waals surface area contributed by atoms with E-state index >= 15 is 0 Å². The Labute approximate surface area is 93.6 Å². The molecule has 1 heterocycles. The fraction of sp³-hybridized carbons (Fsp3) is 0.500. The molecule has 1 aromatic carbocycles. The van der Waals surface area contributed by atoms with Gasteiger partial charge in [-0.25, -0.2) is 8.78 Å². The van der Waals surface area contributed by atoms with E-state index < -0.39 is 5.92 Å². The molecule has 1 atom stereocenters. The van der Waals surface area contributed by atoms with E-state index in [1.165, 1.54) is 6.07 Å². The fourth-order valence-corrected chi connectivity index (χ4v) is 1.94. The molecule has 1 aromatic rings. The van der Waals surface area contributed by atoms with Crippen LogP contribution < -0.4 is 5.32 Å². The summed E-state index contributed by atoms with van der Waals surface area (Å²) in [6.07, 6.45) is -0.268. The first kappa shape index (κ1) is 11.5. The topological polar surface area (TPSA) is 21.3 Å². The van der Waals surface area contributed by atoms with Crippen LogP contribution in [0.4, 0.5) is 8.78 Å². The van der Waals surface area contributed by atoms with Crippen molar-refractivity contribution >= 4 is 0 Å². The average molecular weight is 227 g/mol. The summed E-state index contributed by atoms with van der Waals surface area (Å²) < 4.78 is 32.3. The quantitative estimate of drug-likeness (QED) is 0.838. The van der Waals surface area contributed by atoms with E-state index in [0.29, 0.717) is 18.7 Å². The minimum Gasteiger partial charge on any atom is -0.371 e. The van der Waals surface area contributed by atoms with E-state index in [0.717, 1.165) is 13.5 Å². The summed E-state index contributed by atoms with van der Waals surface area (Å²) >= 11 is 0. The molecule has 16 heavy (non-hydrogen) atoms. The largest absolute Gasteiger partial charge is 0.371 e. The van der Waals surface area contributed by atoms with Crippen LogP contribution in [0.15, 0.2) is 24.3 Å². The number of benzene rings is 1. The lowest BCUT2D eigenvalue weighted by Crippen LogP contribution is -2.34. The predicted octanol–water partition coefficient (Wildman–Crippen LogP) is 2.46. The lowest BCUT2D eigenvalue weighted by Gasteiger charge is -2.27. The molecule has 1 saturated heterocycles. The number of rotatable bonds is 2. The number of ether oxygens (including phenoxy) is 1. The summed E-state index contributed by atoms with van der Waals surface area (Å²) in [6, 6.07) is 6.58. The molecular formula is C12H15F2NO. The van der Waals surface area contributed by atoms with Crippen LogP contribution in [0, 0.1) is 0 Å². The molecule has 2 nitrogen and oxygen atoms in total. The fourth-order valence-electron chi connectivity index (χ4n) is 1.94. The van der Waals surface area contributed by atoms with E-state index in [9.17, 15) is 8.78 Å². The van der Waals surface area contributed by atoms with Gasteiger partial charge in [-0.3, -0.25) is 0 Å². The Balaban J connectivity index is 2.32. The third-order valence-corrected chi connectivity index (χ3v) is 2.71. The van der Waals surface area contributed by atoms with Crippen LogP contribution in [0.1, 0.15) is 24.2 Å². The normalized spacial score (nSPS) is 22.1. The maximum absolute atomic E-state index is 13.4. The molecule has 0 aliphatic carbocycles. The second-order valence-electron chi connectivity index (χ2n) is 4.04. The number of morpholine rings is 1. The van der Waals surface area contributed by atoms with Gasteiger partial charge in [0, 0.05) is 25.6 Å². The second-order valence-corrected chi connectivity index (χ2v) is 4.04. The van der Waals surface area contributed by atoms with Gasteiger partial charge >= 0.3 is 0 Å². The highest BCUT2D eigenvalue weighted by Crippen LogP contribution is 2.34. The minimum absolute atomic E-state index is 0.0590. The van der Waals surface area contributed by atoms with Crippen molar-refractivity contribution in [3.8, 4) is 0 Å².